The molecule has 1 N–H and O–H groups in total. The molecule has 31 heavy (non-hydrogen) atoms. The summed E-state index contributed by atoms with van der Waals surface area (Å²) in [6.45, 7) is -0.210. The molecule has 0 spiro atoms. The maximum atomic E-state index is 12.0. The Balaban J connectivity index is 1.49. The predicted molar refractivity (Wildman–Crippen MR) is 107 cm³/mol. The number of hydrogen-bond donors (Lipinski definition) is 1. The number of esters is 1. The van der Waals surface area contributed by atoms with Gasteiger partial charge in [-0.2, -0.15) is 0 Å². The number of sulfonamides is 1. The second kappa shape index (κ2) is 9.45. The van der Waals surface area contributed by atoms with Crippen LogP contribution in [-0.4, -0.2) is 36.6 Å². The van der Waals surface area contributed by atoms with Gasteiger partial charge in [0.2, 0.25) is 15.9 Å². The number of non-ortho nitro benzene ring substituents is 1. The second-order valence-electron chi connectivity index (χ2n) is 6.32. The first-order valence-electron chi connectivity index (χ1n) is 9.04. The van der Waals surface area contributed by atoms with Crippen molar-refractivity contribution < 1.29 is 27.3 Å². The van der Waals surface area contributed by atoms with Crippen LogP contribution < -0.4 is 4.72 Å². The van der Waals surface area contributed by atoms with Crippen molar-refractivity contribution in [2.24, 2.45) is 0 Å². The van der Waals surface area contributed by atoms with E-state index in [0.717, 1.165) is 5.56 Å². The summed E-state index contributed by atoms with van der Waals surface area (Å²) in [4.78, 5) is 22.3. The first kappa shape index (κ1) is 22.1. The molecule has 162 valence electrons. The molecule has 0 atom stereocenters. The number of hydrogen-bond acceptors (Lipinski definition) is 9. The third-order valence-corrected chi connectivity index (χ3v) is 5.70. The molecule has 0 amide bonds. The first-order chi connectivity index (χ1) is 14.8. The van der Waals surface area contributed by atoms with Crippen molar-refractivity contribution in [2.45, 2.75) is 24.3 Å². The van der Waals surface area contributed by atoms with Crippen LogP contribution >= 0.6 is 0 Å². The zero-order valence-electron chi connectivity index (χ0n) is 16.3. The molecule has 2 aromatic carbocycles. The number of ether oxygens (including phenoxy) is 1. The molecule has 11 nitrogen and oxygen atoms in total. The number of carbonyl (C=O) groups excluding carboxylic acids is 1. The van der Waals surface area contributed by atoms with E-state index in [0.29, 0.717) is 12.0 Å². The Morgan fingerprint density at radius 3 is 2.42 bits per heavy atom. The lowest BCUT2D eigenvalue weighted by atomic mass is 10.1. The minimum absolute atomic E-state index is 0.0595. The van der Waals surface area contributed by atoms with Crippen molar-refractivity contribution in [3.63, 3.8) is 0 Å². The fourth-order valence-electron chi connectivity index (χ4n) is 2.57. The van der Waals surface area contributed by atoms with Crippen LogP contribution in [-0.2, 0) is 32.6 Å². The summed E-state index contributed by atoms with van der Waals surface area (Å²) < 4.78 is 36.2. The minimum atomic E-state index is -3.50. The Morgan fingerprint density at radius 2 is 1.81 bits per heavy atom. The van der Waals surface area contributed by atoms with Gasteiger partial charge in [0.05, 0.1) is 9.82 Å². The molecule has 0 fully saturated rings. The Morgan fingerprint density at radius 1 is 1.13 bits per heavy atom. The van der Waals surface area contributed by atoms with Gasteiger partial charge in [-0.25, -0.2) is 13.1 Å². The van der Waals surface area contributed by atoms with Crippen molar-refractivity contribution in [3.8, 4) is 11.5 Å². The normalized spacial score (nSPS) is 11.3. The Hall–Kier alpha value is -3.64. The maximum absolute atomic E-state index is 12.0. The summed E-state index contributed by atoms with van der Waals surface area (Å²) >= 11 is 0. The molecule has 3 aromatic rings. The third-order valence-electron chi connectivity index (χ3n) is 4.27. The fraction of sp³-hybridized carbons (Fsp3) is 0.211. The van der Waals surface area contributed by atoms with Gasteiger partial charge in [-0.05, 0) is 43.3 Å². The standard InChI is InChI=1S/C19H18N4O7S/c1-20-31(27,28)16-9-2-13(3-10-16)4-11-18(24)29-12-17-21-22-19(30-17)14-5-7-15(8-6-14)23(25)26/h2-3,5-10,20H,4,11-12H2,1H3. The van der Waals surface area contributed by atoms with E-state index >= 15 is 0 Å². The molecule has 0 saturated heterocycles. The van der Waals surface area contributed by atoms with Gasteiger partial charge in [-0.3, -0.25) is 14.9 Å². The lowest BCUT2D eigenvalue weighted by Gasteiger charge is -2.05. The van der Waals surface area contributed by atoms with Crippen molar-refractivity contribution >= 4 is 21.7 Å². The molecule has 0 bridgehead atoms. The molecule has 0 unspecified atom stereocenters. The van der Waals surface area contributed by atoms with Crippen LogP contribution in [0.15, 0.2) is 57.8 Å². The molecule has 1 heterocycles. The maximum Gasteiger partial charge on any atom is 0.306 e. The van der Waals surface area contributed by atoms with Crippen LogP contribution in [0.25, 0.3) is 11.5 Å². The van der Waals surface area contributed by atoms with E-state index in [1.165, 1.54) is 43.4 Å². The Kier molecular flexibility index (Phi) is 6.72. The van der Waals surface area contributed by atoms with Crippen LogP contribution in [0.4, 0.5) is 5.69 Å². The molecule has 0 saturated carbocycles. The highest BCUT2D eigenvalue weighted by molar-refractivity contribution is 7.89. The van der Waals surface area contributed by atoms with Crippen molar-refractivity contribution in [1.29, 1.82) is 0 Å². The summed E-state index contributed by atoms with van der Waals surface area (Å²) in [6.07, 6.45) is 0.456. The zero-order chi connectivity index (χ0) is 22.4. The average molecular weight is 446 g/mol. The van der Waals surface area contributed by atoms with E-state index in [1.54, 1.807) is 12.1 Å². The van der Waals surface area contributed by atoms with E-state index in [4.69, 9.17) is 9.15 Å². The molecule has 0 radical (unpaired) electrons. The van der Waals surface area contributed by atoms with Crippen molar-refractivity contribution in [3.05, 3.63) is 70.1 Å². The number of aryl methyl sites for hydroxylation is 1. The van der Waals surface area contributed by atoms with E-state index in [-0.39, 0.29) is 35.4 Å². The van der Waals surface area contributed by atoms with Crippen LogP contribution in [0.5, 0.6) is 0 Å². The molecule has 3 rings (SSSR count). The Bertz CT molecular complexity index is 1170. The van der Waals surface area contributed by atoms with Crippen LogP contribution in [0.1, 0.15) is 17.9 Å². The molecule has 12 heteroatoms. The summed E-state index contributed by atoms with van der Waals surface area (Å²) in [5, 5.41) is 18.3. The van der Waals surface area contributed by atoms with Gasteiger partial charge in [0.15, 0.2) is 6.61 Å². The monoisotopic (exact) mass is 446 g/mol. The topological polar surface area (TPSA) is 155 Å². The minimum Gasteiger partial charge on any atom is -0.456 e. The van der Waals surface area contributed by atoms with Gasteiger partial charge >= 0.3 is 5.97 Å². The van der Waals surface area contributed by atoms with Gasteiger partial charge in [0, 0.05) is 24.1 Å². The summed E-state index contributed by atoms with van der Waals surface area (Å²) in [5.74, 6) is -0.247. The summed E-state index contributed by atoms with van der Waals surface area (Å²) in [7, 11) is -2.17. The van der Waals surface area contributed by atoms with Gasteiger partial charge in [-0.15, -0.1) is 10.2 Å². The Labute approximate surface area is 177 Å². The number of nitro benzene ring substituents is 1. The van der Waals surface area contributed by atoms with Crippen LogP contribution in [0, 0.1) is 10.1 Å². The predicted octanol–water partition coefficient (Wildman–Crippen LogP) is 2.23. The third kappa shape index (κ3) is 5.71. The second-order valence-corrected chi connectivity index (χ2v) is 8.20. The molecule has 0 aliphatic rings. The fourth-order valence-corrected chi connectivity index (χ4v) is 3.30. The molecular formula is C19H18N4O7S. The van der Waals surface area contributed by atoms with Gasteiger partial charge in [-0.1, -0.05) is 12.1 Å². The molecule has 0 aliphatic carbocycles. The first-order valence-corrected chi connectivity index (χ1v) is 10.5. The number of aromatic nitrogens is 2. The van der Waals surface area contributed by atoms with E-state index < -0.39 is 20.9 Å². The van der Waals surface area contributed by atoms with E-state index in [1.807, 2.05) is 0 Å². The number of carbonyl (C=O) groups is 1. The number of nitrogens with one attached hydrogen (secondary N) is 1. The van der Waals surface area contributed by atoms with Crippen molar-refractivity contribution in [1.82, 2.24) is 14.9 Å². The molecular weight excluding hydrogens is 428 g/mol. The number of nitro groups is 1. The van der Waals surface area contributed by atoms with E-state index in [2.05, 4.69) is 14.9 Å². The smallest absolute Gasteiger partial charge is 0.306 e. The zero-order valence-corrected chi connectivity index (χ0v) is 17.2. The quantitative estimate of drug-likeness (QED) is 0.296. The highest BCUT2D eigenvalue weighted by atomic mass is 32.2. The molecule has 1 aromatic heterocycles. The van der Waals surface area contributed by atoms with Crippen molar-refractivity contribution in [2.75, 3.05) is 7.05 Å². The van der Waals surface area contributed by atoms with Gasteiger partial charge in [0.1, 0.15) is 0 Å². The van der Waals surface area contributed by atoms with E-state index in [9.17, 15) is 23.3 Å². The summed E-state index contributed by atoms with van der Waals surface area (Å²) in [5.41, 5.74) is 1.22. The number of nitrogens with zero attached hydrogens (tertiary/aromatic N) is 3. The van der Waals surface area contributed by atoms with Gasteiger partial charge in [0.25, 0.3) is 11.6 Å². The highest BCUT2D eigenvalue weighted by Gasteiger charge is 2.14. The van der Waals surface area contributed by atoms with Gasteiger partial charge < -0.3 is 9.15 Å². The molecule has 0 aliphatic heterocycles. The number of rotatable bonds is 9. The largest absolute Gasteiger partial charge is 0.456 e. The average Bonchev–Trinajstić information content (AvgIpc) is 3.25. The van der Waals surface area contributed by atoms with Crippen LogP contribution in [0.2, 0.25) is 0 Å². The lowest BCUT2D eigenvalue weighted by molar-refractivity contribution is -0.384. The highest BCUT2D eigenvalue weighted by Crippen LogP contribution is 2.21. The SMILES string of the molecule is CNS(=O)(=O)c1ccc(CCC(=O)OCc2nnc(-c3ccc([N+](=O)[O-])cc3)o2)cc1. The summed E-state index contributed by atoms with van der Waals surface area (Å²) in [6, 6.07) is 11.8. The van der Waals surface area contributed by atoms with Crippen LogP contribution in [0.3, 0.4) is 0 Å². The lowest BCUT2D eigenvalue weighted by Crippen LogP contribution is -2.18. The number of benzene rings is 2.